The van der Waals surface area contributed by atoms with Gasteiger partial charge in [0.2, 0.25) is 0 Å². The van der Waals surface area contributed by atoms with Crippen LogP contribution in [0.2, 0.25) is 0 Å². The van der Waals surface area contributed by atoms with Crippen molar-refractivity contribution < 1.29 is 5.11 Å². The molecule has 3 heteroatoms. The second-order valence-corrected chi connectivity index (χ2v) is 3.83. The second kappa shape index (κ2) is 4.81. The van der Waals surface area contributed by atoms with Crippen LogP contribution in [0.5, 0.6) is 0 Å². The number of aliphatic hydroxyl groups excluding tert-OH is 1. The Balaban J connectivity index is 3.14. The van der Waals surface area contributed by atoms with Crippen molar-refractivity contribution in [3.8, 4) is 6.07 Å². The van der Waals surface area contributed by atoms with E-state index in [0.717, 1.165) is 11.3 Å². The fourth-order valence-electron chi connectivity index (χ4n) is 1.36. The summed E-state index contributed by atoms with van der Waals surface area (Å²) in [4.78, 5) is 2.04. The number of nitrogens with zero attached hydrogens (tertiary/aromatic N) is 2. The molecule has 0 saturated heterocycles. The minimum Gasteiger partial charge on any atom is -0.392 e. The van der Waals surface area contributed by atoms with Crippen LogP contribution in [0.15, 0.2) is 18.2 Å². The van der Waals surface area contributed by atoms with E-state index in [0.29, 0.717) is 11.6 Å². The lowest BCUT2D eigenvalue weighted by Gasteiger charge is -2.24. The van der Waals surface area contributed by atoms with E-state index < -0.39 is 0 Å². The zero-order valence-electron chi connectivity index (χ0n) is 9.36. The first-order valence-corrected chi connectivity index (χ1v) is 4.97. The number of anilines is 1. The molecule has 80 valence electrons. The van der Waals surface area contributed by atoms with E-state index in [-0.39, 0.29) is 6.61 Å². The Hall–Kier alpha value is -1.53. The van der Waals surface area contributed by atoms with Crippen LogP contribution in [0, 0.1) is 11.3 Å². The Labute approximate surface area is 90.6 Å². The van der Waals surface area contributed by atoms with Gasteiger partial charge in [-0.15, -0.1) is 0 Å². The van der Waals surface area contributed by atoms with E-state index in [1.54, 1.807) is 6.07 Å². The van der Waals surface area contributed by atoms with Gasteiger partial charge >= 0.3 is 0 Å². The lowest BCUT2D eigenvalue weighted by molar-refractivity contribution is 0.282. The third-order valence-electron chi connectivity index (χ3n) is 2.52. The Morgan fingerprint density at radius 3 is 2.60 bits per heavy atom. The maximum absolute atomic E-state index is 9.01. The standard InChI is InChI=1S/C12H16N2O/c1-9(2)14(3)12-5-4-10(8-15)6-11(12)7-13/h4-6,9,15H,8H2,1-3H3. The zero-order chi connectivity index (χ0) is 11.4. The summed E-state index contributed by atoms with van der Waals surface area (Å²) in [6, 6.07) is 7.95. The molecule has 0 radical (unpaired) electrons. The summed E-state index contributed by atoms with van der Waals surface area (Å²) in [5, 5.41) is 18.0. The largest absolute Gasteiger partial charge is 0.392 e. The summed E-state index contributed by atoms with van der Waals surface area (Å²) in [5.41, 5.74) is 2.29. The molecule has 1 N–H and O–H groups in total. The molecule has 0 amide bonds. The van der Waals surface area contributed by atoms with Gasteiger partial charge < -0.3 is 10.0 Å². The predicted octanol–water partition coefficient (Wildman–Crippen LogP) is 1.90. The van der Waals surface area contributed by atoms with E-state index in [4.69, 9.17) is 10.4 Å². The van der Waals surface area contributed by atoms with E-state index >= 15 is 0 Å². The Morgan fingerprint density at radius 1 is 1.47 bits per heavy atom. The van der Waals surface area contributed by atoms with Crippen LogP contribution in [-0.2, 0) is 6.61 Å². The lowest BCUT2D eigenvalue weighted by Crippen LogP contribution is -2.26. The summed E-state index contributed by atoms with van der Waals surface area (Å²) in [6.45, 7) is 4.11. The molecule has 0 heterocycles. The van der Waals surface area contributed by atoms with E-state index in [1.807, 2.05) is 24.1 Å². The molecule has 3 nitrogen and oxygen atoms in total. The van der Waals surface area contributed by atoms with Gasteiger partial charge in [0, 0.05) is 13.1 Å². The van der Waals surface area contributed by atoms with Gasteiger partial charge in [0.1, 0.15) is 6.07 Å². The summed E-state index contributed by atoms with van der Waals surface area (Å²) >= 11 is 0. The van der Waals surface area contributed by atoms with Crippen LogP contribution < -0.4 is 4.90 Å². The van der Waals surface area contributed by atoms with Crippen molar-refractivity contribution in [2.24, 2.45) is 0 Å². The minimum atomic E-state index is -0.0274. The molecule has 0 bridgehead atoms. The number of hydrogen-bond donors (Lipinski definition) is 1. The molecule has 1 aromatic rings. The number of aliphatic hydroxyl groups is 1. The smallest absolute Gasteiger partial charge is 0.101 e. The van der Waals surface area contributed by atoms with E-state index in [1.165, 1.54) is 0 Å². The van der Waals surface area contributed by atoms with Gasteiger partial charge in [0.05, 0.1) is 17.9 Å². The van der Waals surface area contributed by atoms with Gasteiger partial charge in [-0.05, 0) is 31.5 Å². The Bertz CT molecular complexity index is 380. The fourth-order valence-corrected chi connectivity index (χ4v) is 1.36. The number of rotatable bonds is 3. The molecular weight excluding hydrogens is 188 g/mol. The lowest BCUT2D eigenvalue weighted by atomic mass is 10.1. The maximum Gasteiger partial charge on any atom is 0.101 e. The van der Waals surface area contributed by atoms with Crippen molar-refractivity contribution in [1.82, 2.24) is 0 Å². The van der Waals surface area contributed by atoms with E-state index in [9.17, 15) is 0 Å². The van der Waals surface area contributed by atoms with Gasteiger partial charge in [-0.1, -0.05) is 6.07 Å². The molecule has 0 aliphatic carbocycles. The summed E-state index contributed by atoms with van der Waals surface area (Å²) < 4.78 is 0. The molecular formula is C12H16N2O. The van der Waals surface area contributed by atoms with E-state index in [2.05, 4.69) is 19.9 Å². The van der Waals surface area contributed by atoms with Crippen molar-refractivity contribution >= 4 is 5.69 Å². The number of benzene rings is 1. The minimum absolute atomic E-state index is 0.0274. The molecule has 1 rings (SSSR count). The molecule has 0 fully saturated rings. The molecule has 0 atom stereocenters. The van der Waals surface area contributed by atoms with Crippen LogP contribution in [-0.4, -0.2) is 18.2 Å². The average molecular weight is 204 g/mol. The van der Waals surface area contributed by atoms with Gasteiger partial charge in [-0.2, -0.15) is 5.26 Å². The maximum atomic E-state index is 9.01. The highest BCUT2D eigenvalue weighted by Crippen LogP contribution is 2.22. The fraction of sp³-hybridized carbons (Fsp3) is 0.417. The van der Waals surface area contributed by atoms with Crippen LogP contribution in [0.4, 0.5) is 5.69 Å². The van der Waals surface area contributed by atoms with Crippen LogP contribution >= 0.6 is 0 Å². The molecule has 0 aliphatic heterocycles. The third kappa shape index (κ3) is 2.48. The van der Waals surface area contributed by atoms with Crippen molar-refractivity contribution in [3.05, 3.63) is 29.3 Å². The topological polar surface area (TPSA) is 47.3 Å². The number of nitriles is 1. The van der Waals surface area contributed by atoms with Crippen LogP contribution in [0.3, 0.4) is 0 Å². The van der Waals surface area contributed by atoms with Crippen molar-refractivity contribution in [2.75, 3.05) is 11.9 Å². The first-order valence-electron chi connectivity index (χ1n) is 4.97. The summed E-state index contributed by atoms with van der Waals surface area (Å²) in [7, 11) is 1.96. The Morgan fingerprint density at radius 2 is 2.13 bits per heavy atom. The van der Waals surface area contributed by atoms with Crippen molar-refractivity contribution in [1.29, 1.82) is 5.26 Å². The average Bonchev–Trinajstić information content (AvgIpc) is 2.27. The van der Waals surface area contributed by atoms with Crippen LogP contribution in [0.1, 0.15) is 25.0 Å². The first-order chi connectivity index (χ1) is 7.10. The molecule has 15 heavy (non-hydrogen) atoms. The normalized spacial score (nSPS) is 10.1. The van der Waals surface area contributed by atoms with Crippen molar-refractivity contribution in [3.63, 3.8) is 0 Å². The molecule has 0 unspecified atom stereocenters. The molecule has 0 saturated carbocycles. The molecule has 0 spiro atoms. The number of hydrogen-bond acceptors (Lipinski definition) is 3. The first kappa shape index (κ1) is 11.5. The van der Waals surface area contributed by atoms with Crippen LogP contribution in [0.25, 0.3) is 0 Å². The second-order valence-electron chi connectivity index (χ2n) is 3.83. The zero-order valence-corrected chi connectivity index (χ0v) is 9.36. The Kier molecular flexibility index (Phi) is 3.70. The molecule has 1 aromatic carbocycles. The highest BCUT2D eigenvalue weighted by molar-refractivity contribution is 5.60. The predicted molar refractivity (Wildman–Crippen MR) is 60.6 cm³/mol. The highest BCUT2D eigenvalue weighted by atomic mass is 16.3. The monoisotopic (exact) mass is 204 g/mol. The third-order valence-corrected chi connectivity index (χ3v) is 2.52. The SMILES string of the molecule is CC(C)N(C)c1ccc(CO)cc1C#N. The van der Waals surface area contributed by atoms with Gasteiger partial charge in [0.25, 0.3) is 0 Å². The van der Waals surface area contributed by atoms with Gasteiger partial charge in [-0.25, -0.2) is 0 Å². The molecule has 0 aliphatic rings. The summed E-state index contributed by atoms with van der Waals surface area (Å²) in [5.74, 6) is 0. The quantitative estimate of drug-likeness (QED) is 0.818. The molecule has 0 aromatic heterocycles. The van der Waals surface area contributed by atoms with Gasteiger partial charge in [0.15, 0.2) is 0 Å². The summed E-state index contributed by atoms with van der Waals surface area (Å²) in [6.07, 6.45) is 0. The van der Waals surface area contributed by atoms with Crippen molar-refractivity contribution in [2.45, 2.75) is 26.5 Å². The highest BCUT2D eigenvalue weighted by Gasteiger charge is 2.10. The van der Waals surface area contributed by atoms with Gasteiger partial charge in [-0.3, -0.25) is 0 Å².